The zero-order chi connectivity index (χ0) is 28.7. The molecule has 0 aliphatic carbocycles. The zero-order valence-corrected chi connectivity index (χ0v) is 23.2. The van der Waals surface area contributed by atoms with Crippen molar-refractivity contribution in [1.29, 1.82) is 0 Å². The van der Waals surface area contributed by atoms with Crippen molar-refractivity contribution in [3.63, 3.8) is 0 Å². The lowest BCUT2D eigenvalue weighted by molar-refractivity contribution is 0.331. The summed E-state index contributed by atoms with van der Waals surface area (Å²) in [7, 11) is -7.77. The minimum atomic E-state index is -4.49. The van der Waals surface area contributed by atoms with Crippen LogP contribution in [0.1, 0.15) is 12.8 Å². The van der Waals surface area contributed by atoms with Crippen LogP contribution in [0.15, 0.2) is 53.8 Å². The fourth-order valence-electron chi connectivity index (χ4n) is 4.32. The number of aromatic nitrogens is 4. The van der Waals surface area contributed by atoms with Crippen LogP contribution in [0.5, 0.6) is 0 Å². The summed E-state index contributed by atoms with van der Waals surface area (Å²) in [5.74, 6) is -1.77. The Kier molecular flexibility index (Phi) is 7.56. The third-order valence-corrected chi connectivity index (χ3v) is 9.18. The van der Waals surface area contributed by atoms with Crippen LogP contribution in [0.4, 0.5) is 20.3 Å². The van der Waals surface area contributed by atoms with Gasteiger partial charge in [0.1, 0.15) is 34.1 Å². The second-order valence-electron chi connectivity index (χ2n) is 9.10. The molecule has 0 spiro atoms. The molecule has 0 radical (unpaired) electrons. The molecule has 1 fully saturated rings. The minimum absolute atomic E-state index is 0.0665. The van der Waals surface area contributed by atoms with Crippen molar-refractivity contribution < 1.29 is 25.6 Å². The van der Waals surface area contributed by atoms with E-state index in [1.165, 1.54) is 29.2 Å². The smallest absolute Gasteiger partial charge is 0.264 e. The van der Waals surface area contributed by atoms with Gasteiger partial charge in [-0.25, -0.2) is 44.9 Å². The highest BCUT2D eigenvalue weighted by Gasteiger charge is 2.26. The number of piperidine rings is 1. The van der Waals surface area contributed by atoms with E-state index in [0.717, 1.165) is 12.1 Å². The average Bonchev–Trinajstić information content (AvgIpc) is 2.88. The zero-order valence-electron chi connectivity index (χ0n) is 20.8. The van der Waals surface area contributed by atoms with E-state index in [-0.39, 0.29) is 28.1 Å². The van der Waals surface area contributed by atoms with Gasteiger partial charge >= 0.3 is 0 Å². The Labute approximate surface area is 233 Å². The van der Waals surface area contributed by atoms with Gasteiger partial charge in [-0.05, 0) is 43.2 Å². The molecule has 1 saturated heterocycles. The molecule has 40 heavy (non-hydrogen) atoms. The van der Waals surface area contributed by atoms with Crippen molar-refractivity contribution in [3.8, 4) is 11.4 Å². The molecule has 0 bridgehead atoms. The molecule has 2 N–H and O–H groups in total. The number of halogens is 3. The van der Waals surface area contributed by atoms with Crippen LogP contribution >= 0.6 is 11.6 Å². The van der Waals surface area contributed by atoms with Crippen molar-refractivity contribution in [1.82, 2.24) is 24.2 Å². The van der Waals surface area contributed by atoms with E-state index in [1.54, 1.807) is 12.1 Å². The molecule has 5 rings (SSSR count). The maximum Gasteiger partial charge on any atom is 0.264 e. The van der Waals surface area contributed by atoms with E-state index in [2.05, 4.69) is 30.0 Å². The quantitative estimate of drug-likeness (QED) is 0.320. The molecule has 0 saturated carbocycles. The van der Waals surface area contributed by atoms with E-state index < -0.39 is 36.6 Å². The summed E-state index contributed by atoms with van der Waals surface area (Å²) in [6.07, 6.45) is 4.97. The minimum Gasteiger partial charge on any atom is -0.365 e. The van der Waals surface area contributed by atoms with Crippen molar-refractivity contribution in [2.45, 2.75) is 23.8 Å². The van der Waals surface area contributed by atoms with Gasteiger partial charge in [0.25, 0.3) is 10.0 Å². The Hall–Kier alpha value is -3.53. The maximum atomic E-state index is 14.3. The predicted molar refractivity (Wildman–Crippen MR) is 146 cm³/mol. The molecule has 0 atom stereocenters. The van der Waals surface area contributed by atoms with Crippen LogP contribution in [-0.4, -0.2) is 66.5 Å². The molecule has 0 amide bonds. The predicted octanol–water partition coefficient (Wildman–Crippen LogP) is 3.66. The van der Waals surface area contributed by atoms with Gasteiger partial charge < -0.3 is 5.32 Å². The first-order valence-electron chi connectivity index (χ1n) is 11.9. The lowest BCUT2D eigenvalue weighted by Gasteiger charge is -2.31. The third kappa shape index (κ3) is 5.96. The molecule has 16 heteroatoms. The number of sulfonamides is 2. The Balaban J connectivity index is 1.48. The van der Waals surface area contributed by atoms with Crippen LogP contribution in [0.2, 0.25) is 5.02 Å². The molecule has 3 aromatic heterocycles. The van der Waals surface area contributed by atoms with E-state index in [4.69, 9.17) is 11.6 Å². The van der Waals surface area contributed by atoms with Gasteiger partial charge in [0, 0.05) is 31.4 Å². The van der Waals surface area contributed by atoms with Gasteiger partial charge in [-0.2, -0.15) is 0 Å². The van der Waals surface area contributed by atoms with Gasteiger partial charge in [-0.15, -0.1) is 0 Å². The molecule has 1 aliphatic rings. The van der Waals surface area contributed by atoms with Crippen molar-refractivity contribution >= 4 is 54.2 Å². The third-order valence-electron chi connectivity index (χ3n) is 6.27. The lowest BCUT2D eigenvalue weighted by Crippen LogP contribution is -2.41. The van der Waals surface area contributed by atoms with Gasteiger partial charge in [0.05, 0.1) is 28.2 Å². The number of hydrogen-bond acceptors (Lipinski definition) is 9. The maximum absolute atomic E-state index is 14.3. The van der Waals surface area contributed by atoms with Crippen molar-refractivity contribution in [2.75, 3.05) is 29.4 Å². The molecular weight excluding hydrogens is 588 g/mol. The Bertz CT molecular complexity index is 1820. The summed E-state index contributed by atoms with van der Waals surface area (Å²) in [6, 6.07) is 6.58. The molecule has 0 unspecified atom stereocenters. The largest absolute Gasteiger partial charge is 0.365 e. The summed E-state index contributed by atoms with van der Waals surface area (Å²) in [4.78, 5) is 16.7. The number of benzene rings is 1. The van der Waals surface area contributed by atoms with Gasteiger partial charge in [-0.1, -0.05) is 11.6 Å². The van der Waals surface area contributed by atoms with E-state index >= 15 is 0 Å². The Morgan fingerprint density at radius 2 is 1.75 bits per heavy atom. The first kappa shape index (κ1) is 28.0. The van der Waals surface area contributed by atoms with Crippen LogP contribution in [0.25, 0.3) is 22.4 Å². The van der Waals surface area contributed by atoms with E-state index in [1.807, 2.05) is 0 Å². The highest BCUT2D eigenvalue weighted by atomic mass is 35.5. The second-order valence-corrected chi connectivity index (χ2v) is 13.2. The normalized spacial score (nSPS) is 15.3. The number of pyridine rings is 2. The number of nitrogens with one attached hydrogen (secondary N) is 2. The SMILES string of the molecule is CS(=O)(=O)N1CCC(Nc2ncnc3ccc(-c4ncc(Cl)cc4NS(=O)(=O)c4ccc(F)cc4F)nc23)CC1. The first-order valence-corrected chi connectivity index (χ1v) is 15.6. The molecule has 1 aromatic carbocycles. The highest BCUT2D eigenvalue weighted by Crippen LogP contribution is 2.32. The molecule has 4 heterocycles. The van der Waals surface area contributed by atoms with Crippen LogP contribution in [0.3, 0.4) is 0 Å². The van der Waals surface area contributed by atoms with E-state index in [0.29, 0.717) is 48.8 Å². The van der Waals surface area contributed by atoms with Gasteiger partial charge in [-0.3, -0.25) is 9.71 Å². The molecule has 4 aromatic rings. The Morgan fingerprint density at radius 3 is 2.45 bits per heavy atom. The van der Waals surface area contributed by atoms with Crippen molar-refractivity contribution in [3.05, 3.63) is 65.6 Å². The van der Waals surface area contributed by atoms with Crippen LogP contribution < -0.4 is 10.0 Å². The van der Waals surface area contributed by atoms with Crippen LogP contribution in [0, 0.1) is 11.6 Å². The Morgan fingerprint density at radius 1 is 1.00 bits per heavy atom. The first-order chi connectivity index (χ1) is 18.9. The van der Waals surface area contributed by atoms with Gasteiger partial charge in [0.2, 0.25) is 10.0 Å². The number of fused-ring (bicyclic) bond motifs is 1. The number of nitrogens with zero attached hydrogens (tertiary/aromatic N) is 5. The lowest BCUT2D eigenvalue weighted by atomic mass is 10.1. The fraction of sp³-hybridized carbons (Fsp3) is 0.250. The fourth-order valence-corrected chi connectivity index (χ4v) is 6.47. The number of hydrogen-bond donors (Lipinski definition) is 2. The summed E-state index contributed by atoms with van der Waals surface area (Å²) in [5.41, 5.74) is 1.13. The van der Waals surface area contributed by atoms with Crippen LogP contribution in [-0.2, 0) is 20.0 Å². The molecule has 210 valence electrons. The molecule has 11 nitrogen and oxygen atoms in total. The number of rotatable bonds is 7. The summed E-state index contributed by atoms with van der Waals surface area (Å²) in [5, 5.41) is 3.41. The average molecular weight is 610 g/mol. The molecule has 1 aliphatic heterocycles. The summed E-state index contributed by atoms with van der Waals surface area (Å²) in [6.45, 7) is 0.732. The monoisotopic (exact) mass is 609 g/mol. The summed E-state index contributed by atoms with van der Waals surface area (Å²) >= 11 is 6.09. The topological polar surface area (TPSA) is 147 Å². The van der Waals surface area contributed by atoms with Gasteiger partial charge in [0.15, 0.2) is 5.82 Å². The summed E-state index contributed by atoms with van der Waals surface area (Å²) < 4.78 is 80.9. The molecular formula is C24H22ClF2N7O4S2. The van der Waals surface area contributed by atoms with Crippen molar-refractivity contribution in [2.24, 2.45) is 0 Å². The highest BCUT2D eigenvalue weighted by molar-refractivity contribution is 7.92. The second kappa shape index (κ2) is 10.8. The van der Waals surface area contributed by atoms with E-state index in [9.17, 15) is 25.6 Å². The standard InChI is InChI=1S/C24H22ClF2N7O4S2/c1-39(35,36)34-8-6-16(7-9-34)31-24-23-18(29-13-30-24)3-4-19(32-23)22-20(10-14(25)12-28-22)33-40(37,38)21-5-2-15(26)11-17(21)27/h2-5,10-13,16,33H,6-9H2,1H3,(H,29,30,31). The number of anilines is 2.